The highest BCUT2D eigenvalue weighted by atomic mass is 16.2. The Kier molecular flexibility index (Phi) is 3.35. The lowest BCUT2D eigenvalue weighted by molar-refractivity contribution is -0.133. The third kappa shape index (κ3) is 2.26. The van der Waals surface area contributed by atoms with Gasteiger partial charge in [0.2, 0.25) is 11.8 Å². The minimum atomic E-state index is -1.72. The molecular weight excluding hydrogens is 291 g/mol. The van der Waals surface area contributed by atoms with Crippen LogP contribution in [0.5, 0.6) is 0 Å². The first kappa shape index (κ1) is 15.7. The van der Waals surface area contributed by atoms with E-state index in [1.807, 2.05) is 0 Å². The number of hydrogen-bond acceptors (Lipinski definition) is 4. The van der Waals surface area contributed by atoms with Gasteiger partial charge in [-0.2, -0.15) is 0 Å². The molecule has 2 heterocycles. The first-order valence-corrected chi connectivity index (χ1v) is 7.09. The molecular formula is C14H12B3N3O3. The summed E-state index contributed by atoms with van der Waals surface area (Å²) in [6.07, 6.45) is -0.0894. The van der Waals surface area contributed by atoms with Crippen LogP contribution >= 0.6 is 0 Å². The normalized spacial score (nSPS) is 26.6. The van der Waals surface area contributed by atoms with Crippen LogP contribution in [-0.4, -0.2) is 51.6 Å². The molecule has 0 aliphatic carbocycles. The molecule has 0 unspecified atom stereocenters. The maximum atomic E-state index is 12.6. The van der Waals surface area contributed by atoms with Crippen molar-refractivity contribution in [2.24, 2.45) is 0 Å². The summed E-state index contributed by atoms with van der Waals surface area (Å²) in [6.45, 7) is 0.0844. The van der Waals surface area contributed by atoms with Gasteiger partial charge in [0.25, 0.3) is 5.91 Å². The van der Waals surface area contributed by atoms with E-state index >= 15 is 0 Å². The molecule has 3 rings (SSSR count). The standard InChI is InChI=1S/C14H12B3N3O3/c15-13(16)4-5-14(17,12(23)19-11(13)22)20-6-8-7(10(20)21)2-1-3-9(8)18/h1-3H,4-6,18H2,(H,19,22,23)/t14-/m0/s1. The van der Waals surface area contributed by atoms with Gasteiger partial charge in [-0.25, -0.2) is 0 Å². The Balaban J connectivity index is 1.99. The van der Waals surface area contributed by atoms with Crippen molar-refractivity contribution >= 4 is 46.9 Å². The zero-order chi connectivity index (χ0) is 17.0. The van der Waals surface area contributed by atoms with E-state index in [4.69, 9.17) is 29.3 Å². The number of rotatable bonds is 1. The largest absolute Gasteiger partial charge is 0.398 e. The summed E-state index contributed by atoms with van der Waals surface area (Å²) >= 11 is 0. The highest BCUT2D eigenvalue weighted by Crippen LogP contribution is 2.38. The number of carbonyl (C=O) groups excluding carboxylic acids is 3. The van der Waals surface area contributed by atoms with Gasteiger partial charge in [0.15, 0.2) is 0 Å². The number of nitrogens with one attached hydrogen (secondary N) is 1. The van der Waals surface area contributed by atoms with Crippen LogP contribution in [0.2, 0.25) is 5.21 Å². The Morgan fingerprint density at radius 1 is 1.09 bits per heavy atom. The molecule has 1 atom stereocenters. The maximum absolute atomic E-state index is 12.6. The van der Waals surface area contributed by atoms with Crippen LogP contribution in [-0.2, 0) is 16.1 Å². The van der Waals surface area contributed by atoms with Gasteiger partial charge in [-0.05, 0) is 23.8 Å². The molecule has 2 aliphatic rings. The van der Waals surface area contributed by atoms with E-state index in [0.717, 1.165) is 0 Å². The molecule has 9 heteroatoms. The monoisotopic (exact) mass is 303 g/mol. The molecule has 0 saturated carbocycles. The number of carbonyl (C=O) groups is 3. The number of imide groups is 1. The molecule has 3 N–H and O–H groups in total. The van der Waals surface area contributed by atoms with E-state index in [0.29, 0.717) is 16.8 Å². The Hall–Kier alpha value is -2.18. The number of hydrogen-bond donors (Lipinski definition) is 2. The quantitative estimate of drug-likeness (QED) is 0.394. The molecule has 23 heavy (non-hydrogen) atoms. The van der Waals surface area contributed by atoms with Crippen molar-refractivity contribution in [1.29, 1.82) is 0 Å². The van der Waals surface area contributed by atoms with E-state index in [2.05, 4.69) is 5.32 Å². The van der Waals surface area contributed by atoms with Gasteiger partial charge >= 0.3 is 0 Å². The molecule has 1 aromatic carbocycles. The predicted octanol–water partition coefficient (Wildman–Crippen LogP) is -1.02. The number of nitrogen functional groups attached to an aromatic ring is 1. The Labute approximate surface area is 137 Å². The molecule has 0 bridgehead atoms. The van der Waals surface area contributed by atoms with Gasteiger partial charge < -0.3 is 10.6 Å². The topological polar surface area (TPSA) is 92.5 Å². The first-order chi connectivity index (χ1) is 10.7. The third-order valence-corrected chi connectivity index (χ3v) is 4.45. The van der Waals surface area contributed by atoms with Crippen molar-refractivity contribution in [3.8, 4) is 0 Å². The van der Waals surface area contributed by atoms with Crippen LogP contribution in [0, 0.1) is 0 Å². The molecule has 1 aromatic rings. The van der Waals surface area contributed by atoms with Crippen molar-refractivity contribution in [3.05, 3.63) is 29.3 Å². The van der Waals surface area contributed by atoms with Gasteiger partial charge in [-0.15, -0.1) is 0 Å². The minimum Gasteiger partial charge on any atom is -0.398 e. The molecule has 110 valence electrons. The number of amides is 3. The molecule has 1 fully saturated rings. The van der Waals surface area contributed by atoms with E-state index in [-0.39, 0.29) is 19.4 Å². The summed E-state index contributed by atoms with van der Waals surface area (Å²) in [7, 11) is 17.6. The molecule has 2 aliphatic heterocycles. The van der Waals surface area contributed by atoms with Gasteiger partial charge in [0, 0.05) is 23.4 Å². The predicted molar refractivity (Wildman–Crippen MR) is 85.8 cm³/mol. The number of nitrogens with two attached hydrogens (primary N) is 1. The fourth-order valence-electron chi connectivity index (χ4n) is 2.89. The average Bonchev–Trinajstić information content (AvgIpc) is 2.80. The second-order valence-corrected chi connectivity index (χ2v) is 6.01. The maximum Gasteiger partial charge on any atom is 0.254 e. The summed E-state index contributed by atoms with van der Waals surface area (Å²) in [5.41, 5.74) is 5.61. The number of anilines is 1. The lowest BCUT2D eigenvalue weighted by atomic mass is 9.51. The van der Waals surface area contributed by atoms with Crippen LogP contribution < -0.4 is 11.1 Å². The van der Waals surface area contributed by atoms with Crippen molar-refractivity contribution in [2.45, 2.75) is 30.0 Å². The number of nitrogens with zero attached hydrogens (tertiary/aromatic N) is 1. The summed E-state index contributed by atoms with van der Waals surface area (Å²) in [5.74, 6) is -2.04. The Morgan fingerprint density at radius 2 is 1.78 bits per heavy atom. The third-order valence-electron chi connectivity index (χ3n) is 4.45. The molecule has 0 spiro atoms. The average molecular weight is 303 g/mol. The van der Waals surface area contributed by atoms with Crippen molar-refractivity contribution < 1.29 is 14.4 Å². The minimum absolute atomic E-state index is 0.0444. The van der Waals surface area contributed by atoms with Crippen LogP contribution in [0.4, 0.5) is 5.69 Å². The SMILES string of the molecule is [B]C1([B])CC[C@]([B])(N2Cc3c(N)cccc3C2=O)C(=O)NC1=O. The van der Waals surface area contributed by atoms with Crippen molar-refractivity contribution in [3.63, 3.8) is 0 Å². The second-order valence-electron chi connectivity index (χ2n) is 6.01. The molecule has 3 amide bonds. The van der Waals surface area contributed by atoms with E-state index in [1.54, 1.807) is 18.2 Å². The van der Waals surface area contributed by atoms with E-state index < -0.39 is 28.4 Å². The Bertz CT molecular complexity index is 737. The highest BCUT2D eigenvalue weighted by Gasteiger charge is 2.49. The number of benzene rings is 1. The zero-order valence-corrected chi connectivity index (χ0v) is 12.3. The van der Waals surface area contributed by atoms with Crippen LogP contribution in [0.3, 0.4) is 0 Å². The second kappa shape index (κ2) is 4.91. The van der Waals surface area contributed by atoms with Crippen molar-refractivity contribution in [1.82, 2.24) is 10.2 Å². The van der Waals surface area contributed by atoms with E-state index in [1.165, 1.54) is 4.90 Å². The molecule has 1 saturated heterocycles. The highest BCUT2D eigenvalue weighted by molar-refractivity contribution is 6.52. The number of fused-ring (bicyclic) bond motifs is 1. The fourth-order valence-corrected chi connectivity index (χ4v) is 2.89. The lowest BCUT2D eigenvalue weighted by Crippen LogP contribution is -2.59. The first-order valence-electron chi connectivity index (χ1n) is 7.09. The van der Waals surface area contributed by atoms with E-state index in [9.17, 15) is 14.4 Å². The summed E-state index contributed by atoms with van der Waals surface area (Å²) in [4.78, 5) is 38.1. The van der Waals surface area contributed by atoms with Gasteiger partial charge in [0.1, 0.15) is 7.85 Å². The smallest absolute Gasteiger partial charge is 0.254 e. The molecule has 0 aromatic heterocycles. The van der Waals surface area contributed by atoms with Gasteiger partial charge in [-0.3, -0.25) is 19.7 Å². The fraction of sp³-hybridized carbons (Fsp3) is 0.357. The molecule has 6 nitrogen and oxygen atoms in total. The summed E-state index contributed by atoms with van der Waals surface area (Å²) in [6, 6.07) is 4.94. The van der Waals surface area contributed by atoms with Gasteiger partial charge in [0.05, 0.1) is 21.1 Å². The summed E-state index contributed by atoms with van der Waals surface area (Å²) in [5, 5.41) is 0.367. The lowest BCUT2D eigenvalue weighted by Gasteiger charge is -2.37. The van der Waals surface area contributed by atoms with Gasteiger partial charge in [-0.1, -0.05) is 12.5 Å². The summed E-state index contributed by atoms with van der Waals surface area (Å²) < 4.78 is 0. The van der Waals surface area contributed by atoms with Crippen LogP contribution in [0.15, 0.2) is 18.2 Å². The Morgan fingerprint density at radius 3 is 2.43 bits per heavy atom. The zero-order valence-electron chi connectivity index (χ0n) is 12.3. The van der Waals surface area contributed by atoms with Crippen molar-refractivity contribution in [2.75, 3.05) is 5.73 Å². The van der Waals surface area contributed by atoms with Crippen LogP contribution in [0.1, 0.15) is 28.8 Å². The molecule has 6 radical (unpaired) electrons. The van der Waals surface area contributed by atoms with Crippen LogP contribution in [0.25, 0.3) is 0 Å².